The van der Waals surface area contributed by atoms with Crippen LogP contribution in [0.5, 0.6) is 0 Å². The number of benzene rings is 1. The molecule has 0 aliphatic rings. The van der Waals surface area contributed by atoms with Crippen LogP contribution >= 0.6 is 0 Å². The van der Waals surface area contributed by atoms with E-state index in [2.05, 4.69) is 11.8 Å². The van der Waals surface area contributed by atoms with E-state index < -0.39 is 18.5 Å². The van der Waals surface area contributed by atoms with Gasteiger partial charge in [-0.15, -0.1) is 0 Å². The molecule has 0 aromatic heterocycles. The molecule has 0 spiro atoms. The molecule has 1 aromatic carbocycles. The van der Waals surface area contributed by atoms with Gasteiger partial charge in [-0.2, -0.15) is 13.2 Å². The molecule has 0 radical (unpaired) electrons. The number of aliphatic hydroxyl groups excluding tert-OH is 1. The molecule has 2 nitrogen and oxygen atoms in total. The van der Waals surface area contributed by atoms with E-state index in [1.807, 2.05) is 0 Å². The van der Waals surface area contributed by atoms with Gasteiger partial charge in [-0.3, -0.25) is 4.90 Å². The van der Waals surface area contributed by atoms with Crippen molar-refractivity contribution >= 4 is 0 Å². The highest BCUT2D eigenvalue weighted by atomic mass is 19.4. The third-order valence-electron chi connectivity index (χ3n) is 2.41. The standard InChI is InChI=1S/C14H15F4NO/c1-19(10-14(16,17)18)9-12-6-5-11(8-13(12)15)4-2-3-7-20/h5-6,8,20H,3,7,9-10H2,1H3. The summed E-state index contributed by atoms with van der Waals surface area (Å²) in [5.74, 6) is 4.72. The topological polar surface area (TPSA) is 23.5 Å². The van der Waals surface area contributed by atoms with E-state index >= 15 is 0 Å². The van der Waals surface area contributed by atoms with Crippen LogP contribution in [0.3, 0.4) is 0 Å². The molecule has 0 saturated carbocycles. The van der Waals surface area contributed by atoms with E-state index in [0.717, 1.165) is 4.90 Å². The second kappa shape index (κ2) is 7.27. The van der Waals surface area contributed by atoms with Gasteiger partial charge in [0.1, 0.15) is 5.82 Å². The predicted octanol–water partition coefficient (Wildman–Crippen LogP) is 2.55. The fourth-order valence-electron chi connectivity index (χ4n) is 1.63. The third kappa shape index (κ3) is 6.04. The minimum Gasteiger partial charge on any atom is -0.395 e. The number of rotatable bonds is 4. The Labute approximate surface area is 115 Å². The van der Waals surface area contributed by atoms with E-state index in [9.17, 15) is 17.6 Å². The zero-order chi connectivity index (χ0) is 15.2. The highest BCUT2D eigenvalue weighted by Crippen LogP contribution is 2.18. The van der Waals surface area contributed by atoms with Gasteiger partial charge in [0, 0.05) is 24.1 Å². The number of halogens is 4. The van der Waals surface area contributed by atoms with Crippen LogP contribution in [0.1, 0.15) is 17.5 Å². The molecule has 20 heavy (non-hydrogen) atoms. The van der Waals surface area contributed by atoms with Crippen LogP contribution in [-0.2, 0) is 6.54 Å². The number of hydrogen-bond donors (Lipinski definition) is 1. The van der Waals surface area contributed by atoms with Gasteiger partial charge in [-0.25, -0.2) is 4.39 Å². The first kappa shape index (κ1) is 16.5. The van der Waals surface area contributed by atoms with Gasteiger partial charge in [0.25, 0.3) is 0 Å². The lowest BCUT2D eigenvalue weighted by Gasteiger charge is -2.18. The molecule has 0 aliphatic heterocycles. The summed E-state index contributed by atoms with van der Waals surface area (Å²) in [6.07, 6.45) is -4.02. The van der Waals surface area contributed by atoms with Crippen LogP contribution in [0.25, 0.3) is 0 Å². The highest BCUT2D eigenvalue weighted by molar-refractivity contribution is 5.37. The third-order valence-corrected chi connectivity index (χ3v) is 2.41. The lowest BCUT2D eigenvalue weighted by atomic mass is 10.1. The molecule has 6 heteroatoms. The van der Waals surface area contributed by atoms with Crippen molar-refractivity contribution in [3.8, 4) is 11.8 Å². The predicted molar refractivity (Wildman–Crippen MR) is 67.4 cm³/mol. The summed E-state index contributed by atoms with van der Waals surface area (Å²) in [4.78, 5) is 0.996. The molecular formula is C14H15F4NO. The van der Waals surface area contributed by atoms with E-state index in [1.165, 1.54) is 19.2 Å². The van der Waals surface area contributed by atoms with Crippen LogP contribution in [0.2, 0.25) is 0 Å². The molecule has 1 N–H and O–H groups in total. The fourth-order valence-corrected chi connectivity index (χ4v) is 1.63. The second-order valence-corrected chi connectivity index (χ2v) is 4.37. The summed E-state index contributed by atoms with van der Waals surface area (Å²) in [6.45, 7) is -1.30. The summed E-state index contributed by atoms with van der Waals surface area (Å²) < 4.78 is 50.2. The van der Waals surface area contributed by atoms with Crippen molar-refractivity contribution in [2.24, 2.45) is 0 Å². The Morgan fingerprint density at radius 2 is 2.00 bits per heavy atom. The molecule has 1 aromatic rings. The molecule has 1 rings (SSSR count). The Morgan fingerprint density at radius 1 is 1.30 bits per heavy atom. The summed E-state index contributed by atoms with van der Waals surface area (Å²) in [5, 5.41) is 8.56. The van der Waals surface area contributed by atoms with Crippen LogP contribution in [-0.4, -0.2) is 36.4 Å². The monoisotopic (exact) mass is 289 g/mol. The number of alkyl halides is 3. The molecule has 0 saturated heterocycles. The average Bonchev–Trinajstić information content (AvgIpc) is 2.30. The van der Waals surface area contributed by atoms with Crippen molar-refractivity contribution in [3.05, 3.63) is 35.1 Å². The summed E-state index contributed by atoms with van der Waals surface area (Å²) >= 11 is 0. The van der Waals surface area contributed by atoms with E-state index in [0.29, 0.717) is 5.56 Å². The maximum Gasteiger partial charge on any atom is 0.401 e. The average molecular weight is 289 g/mol. The van der Waals surface area contributed by atoms with Gasteiger partial charge in [0.2, 0.25) is 0 Å². The van der Waals surface area contributed by atoms with Gasteiger partial charge in [0.15, 0.2) is 0 Å². The van der Waals surface area contributed by atoms with Gasteiger partial charge in [0.05, 0.1) is 13.2 Å². The molecule has 0 unspecified atom stereocenters. The molecule has 0 atom stereocenters. The van der Waals surface area contributed by atoms with Gasteiger partial charge >= 0.3 is 6.18 Å². The van der Waals surface area contributed by atoms with Crippen molar-refractivity contribution in [3.63, 3.8) is 0 Å². The van der Waals surface area contributed by atoms with Crippen molar-refractivity contribution in [2.75, 3.05) is 20.2 Å². The molecule has 0 amide bonds. The van der Waals surface area contributed by atoms with E-state index in [1.54, 1.807) is 6.07 Å². The quantitative estimate of drug-likeness (QED) is 0.680. The Balaban J connectivity index is 2.72. The molecule has 0 fully saturated rings. The summed E-state index contributed by atoms with van der Waals surface area (Å²) in [6, 6.07) is 4.15. The lowest BCUT2D eigenvalue weighted by Crippen LogP contribution is -2.30. The largest absolute Gasteiger partial charge is 0.401 e. The van der Waals surface area contributed by atoms with Gasteiger partial charge in [-0.1, -0.05) is 17.9 Å². The maximum absolute atomic E-state index is 13.7. The number of aliphatic hydroxyl groups is 1. The summed E-state index contributed by atoms with van der Waals surface area (Å²) in [5.41, 5.74) is 0.614. The molecule has 0 aliphatic carbocycles. The maximum atomic E-state index is 13.7. The zero-order valence-electron chi connectivity index (χ0n) is 11.0. The van der Waals surface area contributed by atoms with E-state index in [4.69, 9.17) is 5.11 Å². The molecule has 0 bridgehead atoms. The van der Waals surface area contributed by atoms with Crippen molar-refractivity contribution in [1.29, 1.82) is 0 Å². The minimum absolute atomic E-state index is 0.0736. The fraction of sp³-hybridized carbons (Fsp3) is 0.429. The lowest BCUT2D eigenvalue weighted by molar-refractivity contribution is -0.144. The molecule has 0 heterocycles. The first-order valence-corrected chi connectivity index (χ1v) is 5.95. The van der Waals surface area contributed by atoms with Crippen molar-refractivity contribution in [2.45, 2.75) is 19.1 Å². The normalized spacial score (nSPS) is 11.3. The van der Waals surface area contributed by atoms with Gasteiger partial charge < -0.3 is 5.11 Å². The molecule has 110 valence electrons. The SMILES string of the molecule is CN(Cc1ccc(C#CCCO)cc1F)CC(F)(F)F. The zero-order valence-corrected chi connectivity index (χ0v) is 11.0. The Bertz CT molecular complexity index is 502. The first-order valence-electron chi connectivity index (χ1n) is 5.95. The minimum atomic E-state index is -4.30. The van der Waals surface area contributed by atoms with Crippen LogP contribution < -0.4 is 0 Å². The number of hydrogen-bond acceptors (Lipinski definition) is 2. The Hall–Kier alpha value is -1.58. The van der Waals surface area contributed by atoms with Crippen LogP contribution in [0.15, 0.2) is 18.2 Å². The van der Waals surface area contributed by atoms with E-state index in [-0.39, 0.29) is 25.1 Å². The Kier molecular flexibility index (Phi) is 5.99. The summed E-state index contributed by atoms with van der Waals surface area (Å²) in [7, 11) is 1.28. The van der Waals surface area contributed by atoms with Crippen LogP contribution in [0, 0.1) is 17.7 Å². The Morgan fingerprint density at radius 3 is 2.55 bits per heavy atom. The number of nitrogens with zero attached hydrogens (tertiary/aromatic N) is 1. The molecular weight excluding hydrogens is 274 g/mol. The highest BCUT2D eigenvalue weighted by Gasteiger charge is 2.29. The van der Waals surface area contributed by atoms with Gasteiger partial charge in [-0.05, 0) is 19.2 Å². The van der Waals surface area contributed by atoms with Crippen molar-refractivity contribution < 1.29 is 22.7 Å². The van der Waals surface area contributed by atoms with Crippen molar-refractivity contribution in [1.82, 2.24) is 4.90 Å². The first-order chi connectivity index (χ1) is 9.31. The van der Waals surface area contributed by atoms with Crippen LogP contribution in [0.4, 0.5) is 17.6 Å². The smallest absolute Gasteiger partial charge is 0.395 e. The second-order valence-electron chi connectivity index (χ2n) is 4.37.